The number of rotatable bonds is 4. The fourth-order valence-electron chi connectivity index (χ4n) is 3.48. The van der Waals surface area contributed by atoms with Crippen molar-refractivity contribution in [2.24, 2.45) is 7.05 Å². The molecule has 1 aromatic heterocycles. The summed E-state index contributed by atoms with van der Waals surface area (Å²) in [5.41, 5.74) is 2.74. The van der Waals surface area contributed by atoms with E-state index in [2.05, 4.69) is 5.10 Å². The lowest BCUT2D eigenvalue weighted by atomic mass is 10.1. The number of morpholine rings is 1. The minimum absolute atomic E-state index is 0.215. The quantitative estimate of drug-likeness (QED) is 0.818. The highest BCUT2D eigenvalue weighted by molar-refractivity contribution is 5.66. The maximum atomic E-state index is 13.0. The molecule has 0 saturated carbocycles. The van der Waals surface area contributed by atoms with Crippen LogP contribution in [0.2, 0.25) is 0 Å². The molecule has 1 aromatic carbocycles. The van der Waals surface area contributed by atoms with Gasteiger partial charge in [-0.2, -0.15) is 5.10 Å². The van der Waals surface area contributed by atoms with Crippen LogP contribution >= 0.6 is 0 Å². The first-order chi connectivity index (χ1) is 13.1. The molecular formula is C19H23F2N3O3. The Hall–Kier alpha value is -2.19. The van der Waals surface area contributed by atoms with Gasteiger partial charge in [0, 0.05) is 50.4 Å². The van der Waals surface area contributed by atoms with Crippen LogP contribution in [0, 0.1) is 0 Å². The molecular weight excluding hydrogens is 356 g/mol. The maximum Gasteiger partial charge on any atom is 0.265 e. The summed E-state index contributed by atoms with van der Waals surface area (Å²) >= 11 is 0. The molecule has 2 aliphatic rings. The number of hydrogen-bond donors (Lipinski definition) is 0. The number of aryl methyl sites for hydroxylation is 1. The Labute approximate surface area is 156 Å². The molecule has 27 heavy (non-hydrogen) atoms. The average Bonchev–Trinajstić information content (AvgIpc) is 2.88. The Morgan fingerprint density at radius 1 is 1.19 bits per heavy atom. The van der Waals surface area contributed by atoms with Crippen LogP contribution in [0.3, 0.4) is 0 Å². The predicted molar refractivity (Wildman–Crippen MR) is 95.3 cm³/mol. The lowest BCUT2D eigenvalue weighted by Crippen LogP contribution is -2.45. The van der Waals surface area contributed by atoms with Gasteiger partial charge in [0.1, 0.15) is 6.10 Å². The monoisotopic (exact) mass is 379 g/mol. The van der Waals surface area contributed by atoms with Gasteiger partial charge in [-0.1, -0.05) is 0 Å². The second-order valence-corrected chi connectivity index (χ2v) is 6.87. The van der Waals surface area contributed by atoms with Crippen molar-refractivity contribution in [3.63, 3.8) is 0 Å². The third-order valence-electron chi connectivity index (χ3n) is 4.78. The smallest absolute Gasteiger partial charge is 0.265 e. The number of nitrogens with zero attached hydrogens (tertiary/aromatic N) is 3. The van der Waals surface area contributed by atoms with E-state index in [1.807, 2.05) is 36.3 Å². The van der Waals surface area contributed by atoms with Crippen molar-refractivity contribution < 1.29 is 23.0 Å². The molecule has 146 valence electrons. The molecule has 0 aliphatic carbocycles. The molecule has 3 heterocycles. The molecule has 2 aliphatic heterocycles. The molecule has 0 radical (unpaired) electrons. The zero-order valence-corrected chi connectivity index (χ0v) is 15.2. The van der Waals surface area contributed by atoms with Crippen LogP contribution in [0.25, 0.3) is 11.3 Å². The summed E-state index contributed by atoms with van der Waals surface area (Å²) in [7, 11) is 1.86. The van der Waals surface area contributed by atoms with Crippen molar-refractivity contribution >= 4 is 0 Å². The van der Waals surface area contributed by atoms with Crippen LogP contribution in [0.5, 0.6) is 11.5 Å². The van der Waals surface area contributed by atoms with Crippen molar-refractivity contribution in [1.29, 1.82) is 0 Å². The number of aromatic nitrogens is 2. The van der Waals surface area contributed by atoms with Crippen LogP contribution < -0.4 is 9.47 Å². The lowest BCUT2D eigenvalue weighted by Gasteiger charge is -2.32. The van der Waals surface area contributed by atoms with E-state index in [4.69, 9.17) is 14.2 Å². The third kappa shape index (κ3) is 4.06. The van der Waals surface area contributed by atoms with Gasteiger partial charge in [-0.25, -0.2) is 8.78 Å². The largest absolute Gasteiger partial charge is 0.490 e. The number of benzene rings is 1. The van der Waals surface area contributed by atoms with Crippen molar-refractivity contribution in [3.8, 4) is 22.8 Å². The van der Waals surface area contributed by atoms with Crippen molar-refractivity contribution in [3.05, 3.63) is 30.0 Å². The highest BCUT2D eigenvalue weighted by atomic mass is 19.3. The summed E-state index contributed by atoms with van der Waals surface area (Å²) in [4.78, 5) is 1.99. The maximum absolute atomic E-state index is 13.0. The van der Waals surface area contributed by atoms with Gasteiger partial charge in [0.05, 0.1) is 25.5 Å². The Kier molecular flexibility index (Phi) is 5.27. The fraction of sp³-hybridized carbons (Fsp3) is 0.526. The Bertz CT molecular complexity index is 797. The molecule has 8 heteroatoms. The zero-order valence-electron chi connectivity index (χ0n) is 15.2. The van der Waals surface area contributed by atoms with E-state index in [0.717, 1.165) is 29.0 Å². The van der Waals surface area contributed by atoms with Crippen molar-refractivity contribution in [2.75, 3.05) is 32.9 Å². The topological polar surface area (TPSA) is 48.8 Å². The Morgan fingerprint density at radius 2 is 2.00 bits per heavy atom. The molecule has 1 unspecified atom stereocenters. The first-order valence-corrected chi connectivity index (χ1v) is 9.15. The number of alkyl halides is 2. The van der Waals surface area contributed by atoms with E-state index in [-0.39, 0.29) is 6.54 Å². The average molecular weight is 379 g/mol. The van der Waals surface area contributed by atoms with Crippen LogP contribution in [-0.2, 0) is 18.3 Å². The normalized spacial score (nSPS) is 20.7. The molecule has 0 amide bonds. The SMILES string of the molecule is Cn1cc(CN2CCOC(C(F)F)C2)c(-c2ccc3c(c2)OCCCO3)n1. The minimum atomic E-state index is -2.47. The highest BCUT2D eigenvalue weighted by Gasteiger charge is 2.28. The molecule has 0 N–H and O–H groups in total. The summed E-state index contributed by atoms with van der Waals surface area (Å²) in [5.74, 6) is 1.45. The van der Waals surface area contributed by atoms with Gasteiger partial charge >= 0.3 is 0 Å². The molecule has 6 nitrogen and oxygen atoms in total. The molecule has 0 bridgehead atoms. The van der Waals surface area contributed by atoms with Gasteiger partial charge < -0.3 is 14.2 Å². The number of hydrogen-bond acceptors (Lipinski definition) is 5. The minimum Gasteiger partial charge on any atom is -0.490 e. The summed E-state index contributed by atoms with van der Waals surface area (Å²) < 4.78 is 44.3. The molecule has 1 fully saturated rings. The Balaban J connectivity index is 1.57. The number of halogens is 2. The van der Waals surface area contributed by atoms with E-state index in [1.54, 1.807) is 4.68 Å². The third-order valence-corrected chi connectivity index (χ3v) is 4.78. The van der Waals surface area contributed by atoms with Crippen molar-refractivity contribution in [1.82, 2.24) is 14.7 Å². The number of ether oxygens (including phenoxy) is 3. The van der Waals surface area contributed by atoms with Crippen LogP contribution in [0.15, 0.2) is 24.4 Å². The van der Waals surface area contributed by atoms with E-state index in [1.165, 1.54) is 0 Å². The molecule has 4 rings (SSSR count). The van der Waals surface area contributed by atoms with Gasteiger partial charge in [-0.3, -0.25) is 9.58 Å². The van der Waals surface area contributed by atoms with Crippen LogP contribution in [-0.4, -0.2) is 60.1 Å². The second kappa shape index (κ2) is 7.82. The van der Waals surface area contributed by atoms with Gasteiger partial charge in [0.25, 0.3) is 6.43 Å². The first kappa shape index (κ1) is 18.2. The Morgan fingerprint density at radius 3 is 2.81 bits per heavy atom. The zero-order chi connectivity index (χ0) is 18.8. The standard InChI is InChI=1S/C19H23F2N3O3/c1-23-10-14(11-24-5-8-27-17(12-24)19(20)21)18(22-23)13-3-4-15-16(9-13)26-7-2-6-25-15/h3-4,9-10,17,19H,2,5-8,11-12H2,1H3. The van der Waals surface area contributed by atoms with E-state index in [9.17, 15) is 8.78 Å². The highest BCUT2D eigenvalue weighted by Crippen LogP contribution is 2.35. The summed E-state index contributed by atoms with van der Waals surface area (Å²) in [6.45, 7) is 2.96. The van der Waals surface area contributed by atoms with Crippen LogP contribution in [0.1, 0.15) is 12.0 Å². The van der Waals surface area contributed by atoms with E-state index in [0.29, 0.717) is 38.7 Å². The molecule has 1 saturated heterocycles. The summed E-state index contributed by atoms with van der Waals surface area (Å²) in [5, 5.41) is 4.59. The molecule has 1 atom stereocenters. The van der Waals surface area contributed by atoms with Crippen LogP contribution in [0.4, 0.5) is 8.78 Å². The number of fused-ring (bicyclic) bond motifs is 1. The lowest BCUT2D eigenvalue weighted by molar-refractivity contribution is -0.104. The fourth-order valence-corrected chi connectivity index (χ4v) is 3.48. The molecule has 0 spiro atoms. The van der Waals surface area contributed by atoms with E-state index >= 15 is 0 Å². The predicted octanol–water partition coefficient (Wildman–Crippen LogP) is 2.71. The molecule has 2 aromatic rings. The summed E-state index contributed by atoms with van der Waals surface area (Å²) in [6, 6.07) is 5.80. The first-order valence-electron chi connectivity index (χ1n) is 9.15. The van der Waals surface area contributed by atoms with Gasteiger partial charge in [-0.15, -0.1) is 0 Å². The van der Waals surface area contributed by atoms with E-state index < -0.39 is 12.5 Å². The summed E-state index contributed by atoms with van der Waals surface area (Å²) in [6.07, 6.45) is -0.716. The van der Waals surface area contributed by atoms with Crippen molar-refractivity contribution in [2.45, 2.75) is 25.5 Å². The van der Waals surface area contributed by atoms with Gasteiger partial charge in [0.15, 0.2) is 11.5 Å². The van der Waals surface area contributed by atoms with Gasteiger partial charge in [0.2, 0.25) is 0 Å². The van der Waals surface area contributed by atoms with Gasteiger partial charge in [-0.05, 0) is 18.2 Å². The second-order valence-electron chi connectivity index (χ2n) is 6.87.